The molecule has 0 amide bonds. The summed E-state index contributed by atoms with van der Waals surface area (Å²) in [5.41, 5.74) is 1.76. The highest BCUT2D eigenvalue weighted by molar-refractivity contribution is 5.86. The summed E-state index contributed by atoms with van der Waals surface area (Å²) in [6.07, 6.45) is 2.26. The first-order chi connectivity index (χ1) is 9.75. The van der Waals surface area contributed by atoms with Crippen LogP contribution >= 0.6 is 0 Å². The Balaban J connectivity index is 1.73. The fourth-order valence-corrected chi connectivity index (χ4v) is 2.45. The lowest BCUT2D eigenvalue weighted by Gasteiger charge is -2.26. The van der Waals surface area contributed by atoms with E-state index in [-0.39, 0.29) is 11.8 Å². The normalized spacial score (nSPS) is 17.3. The summed E-state index contributed by atoms with van der Waals surface area (Å²) in [4.78, 5) is 11.0. The molecule has 1 aromatic carbocycles. The highest BCUT2D eigenvalue weighted by Crippen LogP contribution is 2.31. The van der Waals surface area contributed by atoms with Crippen LogP contribution in [-0.2, 0) is 6.54 Å². The standard InChI is InChI=1S/C15H15NO4/c17-15(18)14-10(5-7-20-14)9-16-12-6-8-19-13-4-2-1-3-11(12)13/h1-5,7,12,16H,6,8-9H2,(H,17,18). The molecule has 0 radical (unpaired) electrons. The number of hydrogen-bond donors (Lipinski definition) is 2. The van der Waals surface area contributed by atoms with E-state index in [4.69, 9.17) is 14.3 Å². The highest BCUT2D eigenvalue weighted by Gasteiger charge is 2.21. The van der Waals surface area contributed by atoms with Crippen LogP contribution in [0.25, 0.3) is 0 Å². The molecule has 3 rings (SSSR count). The molecule has 5 nitrogen and oxygen atoms in total. The zero-order valence-corrected chi connectivity index (χ0v) is 10.8. The molecule has 0 saturated heterocycles. The van der Waals surface area contributed by atoms with E-state index < -0.39 is 5.97 Å². The van der Waals surface area contributed by atoms with E-state index >= 15 is 0 Å². The van der Waals surface area contributed by atoms with Crippen molar-refractivity contribution < 1.29 is 19.1 Å². The van der Waals surface area contributed by atoms with Crippen LogP contribution in [0.15, 0.2) is 41.0 Å². The van der Waals surface area contributed by atoms with Gasteiger partial charge in [0.05, 0.1) is 12.9 Å². The van der Waals surface area contributed by atoms with E-state index in [1.54, 1.807) is 6.07 Å². The number of para-hydroxylation sites is 1. The first-order valence-electron chi connectivity index (χ1n) is 6.50. The third kappa shape index (κ3) is 2.40. The Morgan fingerprint density at radius 2 is 2.20 bits per heavy atom. The Morgan fingerprint density at radius 3 is 3.05 bits per heavy atom. The van der Waals surface area contributed by atoms with Crippen LogP contribution in [0.4, 0.5) is 0 Å². The lowest BCUT2D eigenvalue weighted by molar-refractivity contribution is 0.0660. The number of carbonyl (C=O) groups is 1. The lowest BCUT2D eigenvalue weighted by Crippen LogP contribution is -2.27. The van der Waals surface area contributed by atoms with Crippen molar-refractivity contribution in [3.05, 3.63) is 53.5 Å². The molecule has 0 bridgehead atoms. The minimum Gasteiger partial charge on any atom is -0.493 e. The van der Waals surface area contributed by atoms with Crippen LogP contribution in [-0.4, -0.2) is 17.7 Å². The maximum absolute atomic E-state index is 11.0. The number of rotatable bonds is 4. The monoisotopic (exact) mass is 273 g/mol. The van der Waals surface area contributed by atoms with Crippen molar-refractivity contribution in [1.82, 2.24) is 5.32 Å². The van der Waals surface area contributed by atoms with E-state index in [1.165, 1.54) is 6.26 Å². The summed E-state index contributed by atoms with van der Waals surface area (Å²) in [6, 6.07) is 9.74. The summed E-state index contributed by atoms with van der Waals surface area (Å²) < 4.78 is 10.6. The molecular formula is C15H15NO4. The van der Waals surface area contributed by atoms with E-state index in [2.05, 4.69) is 5.32 Å². The maximum Gasteiger partial charge on any atom is 0.372 e. The van der Waals surface area contributed by atoms with Crippen molar-refractivity contribution in [3.63, 3.8) is 0 Å². The number of carboxylic acid groups (broad SMARTS) is 1. The molecule has 104 valence electrons. The van der Waals surface area contributed by atoms with Crippen LogP contribution in [0.1, 0.15) is 34.1 Å². The Hall–Kier alpha value is -2.27. The van der Waals surface area contributed by atoms with Gasteiger partial charge in [-0.25, -0.2) is 4.79 Å². The molecule has 2 heterocycles. The predicted molar refractivity (Wildman–Crippen MR) is 71.8 cm³/mol. The third-order valence-electron chi connectivity index (χ3n) is 3.44. The van der Waals surface area contributed by atoms with Gasteiger partial charge in [0.25, 0.3) is 0 Å². The molecule has 20 heavy (non-hydrogen) atoms. The quantitative estimate of drug-likeness (QED) is 0.895. The van der Waals surface area contributed by atoms with Gasteiger partial charge in [-0.1, -0.05) is 18.2 Å². The summed E-state index contributed by atoms with van der Waals surface area (Å²) in [5.74, 6) is -0.154. The number of aromatic carboxylic acids is 1. The number of nitrogens with one attached hydrogen (secondary N) is 1. The second-order valence-corrected chi connectivity index (χ2v) is 4.69. The van der Waals surface area contributed by atoms with Crippen LogP contribution in [0.3, 0.4) is 0 Å². The minimum absolute atomic E-state index is 0.00200. The second-order valence-electron chi connectivity index (χ2n) is 4.69. The summed E-state index contributed by atoms with van der Waals surface area (Å²) in [5, 5.41) is 12.4. The fourth-order valence-electron chi connectivity index (χ4n) is 2.45. The number of carboxylic acids is 1. The number of hydrogen-bond acceptors (Lipinski definition) is 4. The highest BCUT2D eigenvalue weighted by atomic mass is 16.5. The SMILES string of the molecule is O=C(O)c1occc1CNC1CCOc2ccccc21. The van der Waals surface area contributed by atoms with Crippen molar-refractivity contribution in [1.29, 1.82) is 0 Å². The van der Waals surface area contributed by atoms with Crippen molar-refractivity contribution >= 4 is 5.97 Å². The molecule has 2 aromatic rings. The van der Waals surface area contributed by atoms with Gasteiger partial charge in [0.15, 0.2) is 0 Å². The molecular weight excluding hydrogens is 258 g/mol. The van der Waals surface area contributed by atoms with Gasteiger partial charge in [-0.3, -0.25) is 0 Å². The Labute approximate surface area is 116 Å². The number of ether oxygens (including phenoxy) is 1. The molecule has 2 N–H and O–H groups in total. The van der Waals surface area contributed by atoms with Crippen molar-refractivity contribution in [3.8, 4) is 5.75 Å². The number of benzene rings is 1. The molecule has 1 aliphatic rings. The first kappa shape index (κ1) is 12.7. The molecule has 1 aliphatic heterocycles. The average molecular weight is 273 g/mol. The predicted octanol–water partition coefficient (Wildman–Crippen LogP) is 2.59. The van der Waals surface area contributed by atoms with Crippen molar-refractivity contribution in [2.45, 2.75) is 19.0 Å². The Morgan fingerprint density at radius 1 is 1.35 bits per heavy atom. The van der Waals surface area contributed by atoms with Gasteiger partial charge in [-0.05, 0) is 12.1 Å². The maximum atomic E-state index is 11.0. The molecule has 0 fully saturated rings. The minimum atomic E-state index is -1.04. The van der Waals surface area contributed by atoms with Gasteiger partial charge in [0, 0.05) is 30.1 Å². The van der Waals surface area contributed by atoms with Crippen LogP contribution in [0, 0.1) is 0 Å². The third-order valence-corrected chi connectivity index (χ3v) is 3.44. The van der Waals surface area contributed by atoms with Crippen molar-refractivity contribution in [2.75, 3.05) is 6.61 Å². The molecule has 1 aromatic heterocycles. The molecule has 5 heteroatoms. The van der Waals surface area contributed by atoms with Crippen LogP contribution < -0.4 is 10.1 Å². The molecule has 1 atom stereocenters. The van der Waals surface area contributed by atoms with Crippen LogP contribution in [0.2, 0.25) is 0 Å². The van der Waals surface area contributed by atoms with Crippen molar-refractivity contribution in [2.24, 2.45) is 0 Å². The zero-order chi connectivity index (χ0) is 13.9. The molecule has 0 spiro atoms. The average Bonchev–Trinajstić information content (AvgIpc) is 2.93. The van der Waals surface area contributed by atoms with Gasteiger partial charge in [-0.2, -0.15) is 0 Å². The summed E-state index contributed by atoms with van der Waals surface area (Å²) in [7, 11) is 0. The van der Waals surface area contributed by atoms with Gasteiger partial charge in [0.1, 0.15) is 5.75 Å². The summed E-state index contributed by atoms with van der Waals surface area (Å²) >= 11 is 0. The van der Waals surface area contributed by atoms with Crippen LogP contribution in [0.5, 0.6) is 5.75 Å². The smallest absolute Gasteiger partial charge is 0.372 e. The first-order valence-corrected chi connectivity index (χ1v) is 6.50. The fraction of sp³-hybridized carbons (Fsp3) is 0.267. The zero-order valence-electron chi connectivity index (χ0n) is 10.8. The number of fused-ring (bicyclic) bond motifs is 1. The number of furan rings is 1. The van der Waals surface area contributed by atoms with E-state index in [1.807, 2.05) is 24.3 Å². The second kappa shape index (κ2) is 5.38. The Kier molecular flexibility index (Phi) is 3.43. The van der Waals surface area contributed by atoms with Gasteiger partial charge < -0.3 is 19.6 Å². The largest absolute Gasteiger partial charge is 0.493 e. The van der Waals surface area contributed by atoms with E-state index in [9.17, 15) is 4.79 Å². The molecule has 1 unspecified atom stereocenters. The van der Waals surface area contributed by atoms with Gasteiger partial charge in [-0.15, -0.1) is 0 Å². The lowest BCUT2D eigenvalue weighted by atomic mass is 10.0. The molecule has 0 saturated carbocycles. The molecule has 0 aliphatic carbocycles. The van der Waals surface area contributed by atoms with E-state index in [0.29, 0.717) is 18.7 Å². The van der Waals surface area contributed by atoms with Gasteiger partial charge >= 0.3 is 5.97 Å². The van der Waals surface area contributed by atoms with E-state index in [0.717, 1.165) is 17.7 Å². The van der Waals surface area contributed by atoms with Gasteiger partial charge in [0.2, 0.25) is 5.76 Å². The summed E-state index contributed by atoms with van der Waals surface area (Å²) in [6.45, 7) is 1.11. The Bertz CT molecular complexity index is 620. The topological polar surface area (TPSA) is 71.7 Å².